The normalized spacial score (nSPS) is 14.8. The second-order valence-electron chi connectivity index (χ2n) is 5.21. The Kier molecular flexibility index (Phi) is 3.81. The SMILES string of the molecule is C[C@@H](CCc1ccco1)Nc1ccc2c(c1)OCC(=O)N2. The highest BCUT2D eigenvalue weighted by atomic mass is 16.5. The first kappa shape index (κ1) is 13.5. The van der Waals surface area contributed by atoms with Crippen LogP contribution in [0.5, 0.6) is 5.75 Å². The molecule has 3 rings (SSSR count). The third-order valence-corrected chi connectivity index (χ3v) is 3.43. The molecule has 5 nitrogen and oxygen atoms in total. The molecule has 21 heavy (non-hydrogen) atoms. The first-order valence-corrected chi connectivity index (χ1v) is 7.06. The van der Waals surface area contributed by atoms with Crippen LogP contribution in [-0.4, -0.2) is 18.6 Å². The van der Waals surface area contributed by atoms with E-state index in [0.29, 0.717) is 11.8 Å². The lowest BCUT2D eigenvalue weighted by molar-refractivity contribution is -0.118. The number of aryl methyl sites for hydroxylation is 1. The third kappa shape index (κ3) is 3.37. The quantitative estimate of drug-likeness (QED) is 0.886. The number of hydrogen-bond acceptors (Lipinski definition) is 4. The molecule has 0 fully saturated rings. The molecule has 110 valence electrons. The first-order chi connectivity index (χ1) is 10.2. The number of hydrogen-bond donors (Lipinski definition) is 2. The minimum absolute atomic E-state index is 0.0739. The van der Waals surface area contributed by atoms with Crippen molar-refractivity contribution in [2.75, 3.05) is 17.2 Å². The molecule has 0 saturated heterocycles. The van der Waals surface area contributed by atoms with E-state index in [4.69, 9.17) is 9.15 Å². The summed E-state index contributed by atoms with van der Waals surface area (Å²) in [5.41, 5.74) is 1.71. The smallest absolute Gasteiger partial charge is 0.262 e. The van der Waals surface area contributed by atoms with Crippen LogP contribution in [0.1, 0.15) is 19.1 Å². The zero-order valence-electron chi connectivity index (χ0n) is 11.9. The number of rotatable bonds is 5. The third-order valence-electron chi connectivity index (χ3n) is 3.43. The average Bonchev–Trinajstić information content (AvgIpc) is 2.99. The number of benzene rings is 1. The predicted molar refractivity (Wildman–Crippen MR) is 80.7 cm³/mol. The molecule has 0 aliphatic carbocycles. The Morgan fingerprint density at radius 3 is 3.10 bits per heavy atom. The van der Waals surface area contributed by atoms with Gasteiger partial charge in [0, 0.05) is 24.2 Å². The van der Waals surface area contributed by atoms with Gasteiger partial charge < -0.3 is 19.8 Å². The molecule has 0 spiro atoms. The molecule has 1 atom stereocenters. The van der Waals surface area contributed by atoms with Gasteiger partial charge in [-0.2, -0.15) is 0 Å². The lowest BCUT2D eigenvalue weighted by atomic mass is 10.1. The molecule has 1 aromatic heterocycles. The molecular formula is C16H18N2O3. The van der Waals surface area contributed by atoms with Crippen LogP contribution in [-0.2, 0) is 11.2 Å². The maximum absolute atomic E-state index is 11.2. The highest BCUT2D eigenvalue weighted by Crippen LogP contribution is 2.30. The van der Waals surface area contributed by atoms with E-state index < -0.39 is 0 Å². The van der Waals surface area contributed by atoms with Crippen LogP contribution in [0, 0.1) is 0 Å². The van der Waals surface area contributed by atoms with Gasteiger partial charge in [0.1, 0.15) is 11.5 Å². The Morgan fingerprint density at radius 2 is 2.29 bits per heavy atom. The summed E-state index contributed by atoms with van der Waals surface area (Å²) in [4.78, 5) is 11.2. The Labute approximate surface area is 123 Å². The molecule has 1 aromatic carbocycles. The Bertz CT molecular complexity index is 622. The van der Waals surface area contributed by atoms with Gasteiger partial charge >= 0.3 is 0 Å². The molecule has 0 unspecified atom stereocenters. The van der Waals surface area contributed by atoms with Gasteiger partial charge in [0.05, 0.1) is 12.0 Å². The summed E-state index contributed by atoms with van der Waals surface area (Å²) >= 11 is 0. The number of amides is 1. The van der Waals surface area contributed by atoms with Gasteiger partial charge in [-0.05, 0) is 37.6 Å². The van der Waals surface area contributed by atoms with Crippen molar-refractivity contribution in [3.8, 4) is 5.75 Å². The minimum atomic E-state index is -0.116. The van der Waals surface area contributed by atoms with Crippen molar-refractivity contribution in [1.82, 2.24) is 0 Å². The highest BCUT2D eigenvalue weighted by molar-refractivity contribution is 5.95. The summed E-state index contributed by atoms with van der Waals surface area (Å²) in [6.07, 6.45) is 3.57. The molecule has 0 radical (unpaired) electrons. The van der Waals surface area contributed by atoms with Crippen LogP contribution < -0.4 is 15.4 Å². The van der Waals surface area contributed by atoms with E-state index in [9.17, 15) is 4.79 Å². The number of nitrogens with one attached hydrogen (secondary N) is 2. The van der Waals surface area contributed by atoms with Gasteiger partial charge in [-0.1, -0.05) is 0 Å². The number of fused-ring (bicyclic) bond motifs is 1. The van der Waals surface area contributed by atoms with Crippen molar-refractivity contribution < 1.29 is 13.9 Å². The van der Waals surface area contributed by atoms with Gasteiger partial charge in [-0.25, -0.2) is 0 Å². The number of furan rings is 1. The standard InChI is InChI=1S/C16H18N2O3/c1-11(4-6-13-3-2-8-20-13)17-12-5-7-14-15(9-12)21-10-16(19)18-14/h2-3,5,7-9,11,17H,4,6,10H2,1H3,(H,18,19)/t11-/m0/s1. The summed E-state index contributed by atoms with van der Waals surface area (Å²) in [6, 6.07) is 9.92. The maximum Gasteiger partial charge on any atom is 0.262 e. The largest absolute Gasteiger partial charge is 0.482 e. The molecule has 1 aliphatic heterocycles. The van der Waals surface area contributed by atoms with Gasteiger partial charge in [0.15, 0.2) is 6.61 Å². The van der Waals surface area contributed by atoms with E-state index in [1.165, 1.54) is 0 Å². The summed E-state index contributed by atoms with van der Waals surface area (Å²) in [5, 5.41) is 6.21. The highest BCUT2D eigenvalue weighted by Gasteiger charge is 2.16. The lowest BCUT2D eigenvalue weighted by Crippen LogP contribution is -2.25. The van der Waals surface area contributed by atoms with Crippen molar-refractivity contribution in [2.24, 2.45) is 0 Å². The van der Waals surface area contributed by atoms with Crippen LogP contribution in [0.25, 0.3) is 0 Å². The molecule has 2 aromatic rings. The van der Waals surface area contributed by atoms with Crippen molar-refractivity contribution in [3.63, 3.8) is 0 Å². The summed E-state index contributed by atoms with van der Waals surface area (Å²) in [7, 11) is 0. The van der Waals surface area contributed by atoms with E-state index in [0.717, 1.165) is 30.0 Å². The van der Waals surface area contributed by atoms with Crippen LogP contribution in [0.15, 0.2) is 41.0 Å². The molecule has 1 aliphatic rings. The van der Waals surface area contributed by atoms with E-state index in [2.05, 4.69) is 17.6 Å². The number of anilines is 2. The lowest BCUT2D eigenvalue weighted by Gasteiger charge is -2.20. The predicted octanol–water partition coefficient (Wildman–Crippen LogP) is 3.04. The topological polar surface area (TPSA) is 63.5 Å². The van der Waals surface area contributed by atoms with Gasteiger partial charge in [0.2, 0.25) is 0 Å². The van der Waals surface area contributed by atoms with E-state index in [1.807, 2.05) is 30.3 Å². The van der Waals surface area contributed by atoms with Crippen LogP contribution in [0.4, 0.5) is 11.4 Å². The van der Waals surface area contributed by atoms with Crippen molar-refractivity contribution >= 4 is 17.3 Å². The number of carbonyl (C=O) groups excluding carboxylic acids is 1. The average molecular weight is 286 g/mol. The number of ether oxygens (including phenoxy) is 1. The van der Waals surface area contributed by atoms with Crippen molar-refractivity contribution in [2.45, 2.75) is 25.8 Å². The molecular weight excluding hydrogens is 268 g/mol. The fourth-order valence-electron chi connectivity index (χ4n) is 2.33. The van der Waals surface area contributed by atoms with Crippen LogP contribution in [0.3, 0.4) is 0 Å². The Hall–Kier alpha value is -2.43. The monoisotopic (exact) mass is 286 g/mol. The second kappa shape index (κ2) is 5.91. The fourth-order valence-corrected chi connectivity index (χ4v) is 2.33. The zero-order valence-corrected chi connectivity index (χ0v) is 11.9. The second-order valence-corrected chi connectivity index (χ2v) is 5.21. The zero-order chi connectivity index (χ0) is 14.7. The minimum Gasteiger partial charge on any atom is -0.482 e. The first-order valence-electron chi connectivity index (χ1n) is 7.06. The van der Waals surface area contributed by atoms with Crippen molar-refractivity contribution in [1.29, 1.82) is 0 Å². The molecule has 5 heteroatoms. The van der Waals surface area contributed by atoms with Crippen LogP contribution in [0.2, 0.25) is 0 Å². The van der Waals surface area contributed by atoms with Crippen LogP contribution >= 0.6 is 0 Å². The maximum atomic E-state index is 11.2. The molecule has 2 N–H and O–H groups in total. The molecule has 0 saturated carbocycles. The fraction of sp³-hybridized carbons (Fsp3) is 0.312. The summed E-state index contributed by atoms with van der Waals surface area (Å²) in [6.45, 7) is 2.20. The van der Waals surface area contributed by atoms with Gasteiger partial charge in [0.25, 0.3) is 5.91 Å². The van der Waals surface area contributed by atoms with Crippen molar-refractivity contribution in [3.05, 3.63) is 42.4 Å². The Morgan fingerprint density at radius 1 is 1.38 bits per heavy atom. The molecule has 1 amide bonds. The van der Waals surface area contributed by atoms with E-state index in [1.54, 1.807) is 6.26 Å². The van der Waals surface area contributed by atoms with Gasteiger partial charge in [-0.3, -0.25) is 4.79 Å². The summed E-state index contributed by atoms with van der Waals surface area (Å²) < 4.78 is 10.7. The van der Waals surface area contributed by atoms with E-state index in [-0.39, 0.29) is 12.5 Å². The molecule has 0 bridgehead atoms. The Balaban J connectivity index is 1.58. The van der Waals surface area contributed by atoms with Gasteiger partial charge in [-0.15, -0.1) is 0 Å². The molecule has 2 heterocycles. The van der Waals surface area contributed by atoms with E-state index >= 15 is 0 Å². The number of carbonyl (C=O) groups is 1. The summed E-state index contributed by atoms with van der Waals surface area (Å²) in [5.74, 6) is 1.59.